The summed E-state index contributed by atoms with van der Waals surface area (Å²) in [6, 6.07) is 1.66. The van der Waals surface area contributed by atoms with Crippen molar-refractivity contribution in [1.82, 2.24) is 10.2 Å². The Morgan fingerprint density at radius 1 is 1.71 bits per heavy atom. The molecule has 1 aromatic heterocycles. The SMILES string of the molecule is COc1cc(NC(=O)C2(C)CC2)[nH]n1. The van der Waals surface area contributed by atoms with Crippen LogP contribution in [0.3, 0.4) is 0 Å². The summed E-state index contributed by atoms with van der Waals surface area (Å²) in [5.41, 5.74) is -0.168. The molecule has 5 nitrogen and oxygen atoms in total. The maximum atomic E-state index is 11.6. The zero-order valence-corrected chi connectivity index (χ0v) is 8.26. The first-order valence-corrected chi connectivity index (χ1v) is 4.55. The Morgan fingerprint density at radius 2 is 2.43 bits per heavy atom. The van der Waals surface area contributed by atoms with E-state index < -0.39 is 0 Å². The molecule has 0 aromatic carbocycles. The molecule has 1 heterocycles. The maximum Gasteiger partial charge on any atom is 0.234 e. The lowest BCUT2D eigenvalue weighted by Crippen LogP contribution is -2.21. The molecule has 0 saturated heterocycles. The number of ether oxygens (including phenoxy) is 1. The summed E-state index contributed by atoms with van der Waals surface area (Å²) in [5.74, 6) is 1.10. The number of carbonyl (C=O) groups excluding carboxylic acids is 1. The fraction of sp³-hybridized carbons (Fsp3) is 0.556. The van der Waals surface area contributed by atoms with E-state index in [4.69, 9.17) is 4.74 Å². The van der Waals surface area contributed by atoms with Gasteiger partial charge in [0.05, 0.1) is 7.11 Å². The van der Waals surface area contributed by atoms with Crippen molar-refractivity contribution in [2.75, 3.05) is 12.4 Å². The molecule has 1 aromatic rings. The molecular weight excluding hydrogens is 182 g/mol. The monoisotopic (exact) mass is 195 g/mol. The van der Waals surface area contributed by atoms with Crippen LogP contribution < -0.4 is 10.1 Å². The molecule has 1 aliphatic carbocycles. The van der Waals surface area contributed by atoms with Gasteiger partial charge in [0.15, 0.2) is 0 Å². The van der Waals surface area contributed by atoms with Crippen molar-refractivity contribution in [1.29, 1.82) is 0 Å². The molecule has 1 amide bonds. The first-order valence-electron chi connectivity index (χ1n) is 4.55. The summed E-state index contributed by atoms with van der Waals surface area (Å²) in [5, 5.41) is 9.27. The van der Waals surface area contributed by atoms with E-state index in [2.05, 4.69) is 15.5 Å². The standard InChI is InChI=1S/C9H13N3O2/c1-9(3-4-9)8(13)10-6-5-7(14-2)12-11-6/h5H,3-4H2,1-2H3,(H2,10,11,12,13). The van der Waals surface area contributed by atoms with Gasteiger partial charge >= 0.3 is 0 Å². The van der Waals surface area contributed by atoms with E-state index in [9.17, 15) is 4.79 Å². The zero-order chi connectivity index (χ0) is 10.2. The zero-order valence-electron chi connectivity index (χ0n) is 8.26. The summed E-state index contributed by atoms with van der Waals surface area (Å²) in [6.07, 6.45) is 1.92. The summed E-state index contributed by atoms with van der Waals surface area (Å²) in [7, 11) is 1.53. The quantitative estimate of drug-likeness (QED) is 0.760. The van der Waals surface area contributed by atoms with E-state index in [1.54, 1.807) is 6.07 Å². The Kier molecular flexibility index (Phi) is 1.94. The fourth-order valence-corrected chi connectivity index (χ4v) is 1.16. The van der Waals surface area contributed by atoms with Gasteiger partial charge in [-0.2, -0.15) is 0 Å². The van der Waals surface area contributed by atoms with Crippen LogP contribution in [-0.2, 0) is 4.79 Å². The van der Waals surface area contributed by atoms with Gasteiger partial charge in [0.25, 0.3) is 0 Å². The molecule has 0 bridgehead atoms. The van der Waals surface area contributed by atoms with Crippen molar-refractivity contribution in [3.8, 4) is 5.88 Å². The third-order valence-corrected chi connectivity index (χ3v) is 2.56. The van der Waals surface area contributed by atoms with Crippen molar-refractivity contribution < 1.29 is 9.53 Å². The molecule has 0 atom stereocenters. The predicted octanol–water partition coefficient (Wildman–Crippen LogP) is 1.16. The second-order valence-electron chi connectivity index (χ2n) is 3.84. The van der Waals surface area contributed by atoms with Crippen LogP contribution in [0.25, 0.3) is 0 Å². The lowest BCUT2D eigenvalue weighted by atomic mass is 10.1. The molecule has 14 heavy (non-hydrogen) atoms. The van der Waals surface area contributed by atoms with Crippen molar-refractivity contribution in [3.63, 3.8) is 0 Å². The van der Waals surface area contributed by atoms with Crippen LogP contribution in [0.2, 0.25) is 0 Å². The number of aromatic amines is 1. The number of nitrogens with zero attached hydrogens (tertiary/aromatic N) is 1. The minimum Gasteiger partial charge on any atom is -0.480 e. The van der Waals surface area contributed by atoms with Gasteiger partial charge in [-0.3, -0.25) is 9.89 Å². The predicted molar refractivity (Wildman–Crippen MR) is 51.1 cm³/mol. The third kappa shape index (κ3) is 1.57. The molecule has 0 aliphatic heterocycles. The lowest BCUT2D eigenvalue weighted by Gasteiger charge is -2.06. The van der Waals surface area contributed by atoms with Gasteiger partial charge in [-0.05, 0) is 12.8 Å². The number of hydrogen-bond acceptors (Lipinski definition) is 3. The largest absolute Gasteiger partial charge is 0.480 e. The van der Waals surface area contributed by atoms with Gasteiger partial charge in [-0.15, -0.1) is 5.10 Å². The topological polar surface area (TPSA) is 67.0 Å². The molecule has 2 rings (SSSR count). The van der Waals surface area contributed by atoms with Crippen LogP contribution in [0.15, 0.2) is 6.07 Å². The number of anilines is 1. The van der Waals surface area contributed by atoms with E-state index in [0.717, 1.165) is 12.8 Å². The number of carbonyl (C=O) groups is 1. The van der Waals surface area contributed by atoms with Gasteiger partial charge in [0.2, 0.25) is 11.8 Å². The molecule has 1 aliphatic rings. The van der Waals surface area contributed by atoms with E-state index in [1.807, 2.05) is 6.92 Å². The normalized spacial score (nSPS) is 17.6. The van der Waals surface area contributed by atoms with E-state index in [1.165, 1.54) is 7.11 Å². The van der Waals surface area contributed by atoms with Crippen LogP contribution in [0.5, 0.6) is 5.88 Å². The van der Waals surface area contributed by atoms with E-state index >= 15 is 0 Å². The summed E-state index contributed by atoms with van der Waals surface area (Å²) >= 11 is 0. The molecule has 5 heteroatoms. The lowest BCUT2D eigenvalue weighted by molar-refractivity contribution is -0.120. The Bertz CT molecular complexity index is 355. The Hall–Kier alpha value is -1.52. The highest BCUT2D eigenvalue weighted by atomic mass is 16.5. The summed E-state index contributed by atoms with van der Waals surface area (Å²) in [6.45, 7) is 1.95. The first-order chi connectivity index (χ1) is 6.64. The minimum absolute atomic E-state index is 0.0452. The number of amides is 1. The van der Waals surface area contributed by atoms with Crippen LogP contribution >= 0.6 is 0 Å². The number of H-pyrrole nitrogens is 1. The molecule has 2 N–H and O–H groups in total. The molecular formula is C9H13N3O2. The van der Waals surface area contributed by atoms with Crippen molar-refractivity contribution in [2.45, 2.75) is 19.8 Å². The highest BCUT2D eigenvalue weighted by molar-refractivity contribution is 5.96. The van der Waals surface area contributed by atoms with Crippen molar-refractivity contribution in [2.24, 2.45) is 5.41 Å². The van der Waals surface area contributed by atoms with Gasteiger partial charge in [0.1, 0.15) is 5.82 Å². The average Bonchev–Trinajstić information content (AvgIpc) is 2.77. The number of hydrogen-bond donors (Lipinski definition) is 2. The molecule has 1 saturated carbocycles. The van der Waals surface area contributed by atoms with Crippen molar-refractivity contribution in [3.05, 3.63) is 6.07 Å². The van der Waals surface area contributed by atoms with Gasteiger partial charge in [0, 0.05) is 11.5 Å². The Labute approximate surface area is 81.8 Å². The third-order valence-electron chi connectivity index (χ3n) is 2.56. The average molecular weight is 195 g/mol. The number of rotatable bonds is 3. The van der Waals surface area contributed by atoms with Gasteiger partial charge in [-0.25, -0.2) is 0 Å². The molecule has 76 valence electrons. The van der Waals surface area contributed by atoms with Crippen LogP contribution in [0.1, 0.15) is 19.8 Å². The van der Waals surface area contributed by atoms with E-state index in [0.29, 0.717) is 11.7 Å². The highest BCUT2D eigenvalue weighted by Gasteiger charge is 2.44. The van der Waals surface area contributed by atoms with Crippen LogP contribution in [0.4, 0.5) is 5.82 Å². The molecule has 0 spiro atoms. The maximum absolute atomic E-state index is 11.6. The molecule has 1 fully saturated rings. The van der Waals surface area contributed by atoms with Crippen LogP contribution in [0, 0.1) is 5.41 Å². The summed E-state index contributed by atoms with van der Waals surface area (Å²) < 4.78 is 4.88. The molecule has 0 radical (unpaired) electrons. The second-order valence-corrected chi connectivity index (χ2v) is 3.84. The number of aromatic nitrogens is 2. The Balaban J connectivity index is 2.00. The highest BCUT2D eigenvalue weighted by Crippen LogP contribution is 2.45. The number of nitrogens with one attached hydrogen (secondary N) is 2. The Morgan fingerprint density at radius 3 is 2.93 bits per heavy atom. The second kappa shape index (κ2) is 3.01. The fourth-order valence-electron chi connectivity index (χ4n) is 1.16. The minimum atomic E-state index is -0.168. The van der Waals surface area contributed by atoms with E-state index in [-0.39, 0.29) is 11.3 Å². The van der Waals surface area contributed by atoms with Gasteiger partial charge < -0.3 is 10.1 Å². The van der Waals surface area contributed by atoms with Crippen molar-refractivity contribution >= 4 is 11.7 Å². The number of methoxy groups -OCH3 is 1. The first kappa shape index (κ1) is 9.05. The van der Waals surface area contributed by atoms with Gasteiger partial charge in [-0.1, -0.05) is 6.92 Å². The van der Waals surface area contributed by atoms with Crippen LogP contribution in [-0.4, -0.2) is 23.2 Å². The molecule has 0 unspecified atom stereocenters. The summed E-state index contributed by atoms with van der Waals surface area (Å²) in [4.78, 5) is 11.6. The smallest absolute Gasteiger partial charge is 0.234 e.